The van der Waals surface area contributed by atoms with Gasteiger partial charge in [0.05, 0.1) is 6.04 Å². The molecule has 10 heteroatoms. The highest BCUT2D eigenvalue weighted by molar-refractivity contribution is 5.99. The van der Waals surface area contributed by atoms with Gasteiger partial charge >= 0.3 is 0 Å². The minimum Gasteiger partial charge on any atom is -0.503 e. The number of aromatic nitrogens is 1. The quantitative estimate of drug-likeness (QED) is 0.754. The van der Waals surface area contributed by atoms with Gasteiger partial charge in [0, 0.05) is 37.8 Å². The lowest BCUT2D eigenvalue weighted by Crippen LogP contribution is -2.44. The van der Waals surface area contributed by atoms with Crippen LogP contribution in [0.4, 0.5) is 13.2 Å². The molecule has 7 nitrogen and oxygen atoms in total. The summed E-state index contributed by atoms with van der Waals surface area (Å²) in [5.74, 6) is -4.21. The number of halogens is 3. The van der Waals surface area contributed by atoms with Crippen molar-refractivity contribution in [3.8, 4) is 5.75 Å². The summed E-state index contributed by atoms with van der Waals surface area (Å²) in [4.78, 5) is 39.4. The van der Waals surface area contributed by atoms with E-state index in [4.69, 9.17) is 0 Å². The normalized spacial score (nSPS) is 22.3. The summed E-state index contributed by atoms with van der Waals surface area (Å²) in [5.41, 5.74) is -3.48. The third-order valence-corrected chi connectivity index (χ3v) is 6.04. The van der Waals surface area contributed by atoms with Crippen LogP contribution in [0.25, 0.3) is 0 Å². The average Bonchev–Trinajstić information content (AvgIpc) is 2.84. The Bertz CT molecular complexity index is 1170. The number of nitrogens with one attached hydrogen (secondary N) is 1. The number of hydrogen-bond acceptors (Lipinski definition) is 4. The van der Waals surface area contributed by atoms with Gasteiger partial charge in [-0.15, -0.1) is 0 Å². The van der Waals surface area contributed by atoms with Crippen LogP contribution in [-0.4, -0.2) is 45.1 Å². The number of amides is 2. The molecule has 1 fully saturated rings. The van der Waals surface area contributed by atoms with Crippen molar-refractivity contribution in [3.05, 3.63) is 62.6 Å². The van der Waals surface area contributed by atoms with Gasteiger partial charge < -0.3 is 19.9 Å². The molecule has 2 aromatic rings. The Kier molecular flexibility index (Phi) is 5.26. The Morgan fingerprint density at radius 3 is 2.59 bits per heavy atom. The molecule has 170 valence electrons. The first-order valence-electron chi connectivity index (χ1n) is 10.2. The zero-order valence-electron chi connectivity index (χ0n) is 17.5. The molecule has 0 radical (unpaired) electrons. The fourth-order valence-electron chi connectivity index (χ4n) is 4.34. The lowest BCUT2D eigenvalue weighted by Gasteiger charge is -2.34. The minimum absolute atomic E-state index is 0.0208. The van der Waals surface area contributed by atoms with Gasteiger partial charge in [0.2, 0.25) is 5.43 Å². The van der Waals surface area contributed by atoms with Crippen molar-refractivity contribution in [2.75, 3.05) is 13.1 Å². The Balaban J connectivity index is 1.69. The average molecular weight is 449 g/mol. The summed E-state index contributed by atoms with van der Waals surface area (Å²) >= 11 is 0. The molecule has 0 saturated carbocycles. The number of fused-ring (bicyclic) bond motifs is 4. The molecule has 1 aromatic carbocycles. The van der Waals surface area contributed by atoms with Gasteiger partial charge in [0.1, 0.15) is 22.9 Å². The standard InChI is InChI=1S/C22H22F3N3O4/c1-11-5-15(23)13(16(24)6-11)8-26-20(31)14-10-28-12-7-22(2,25)3-4-27(9-12)21(32)17(28)19(30)18(14)29/h5-6,10,12,30H,3-4,7-9H2,1-2H3,(H,26,31)/t12-,22-/m0/s1. The van der Waals surface area contributed by atoms with Crippen LogP contribution in [0.3, 0.4) is 0 Å². The van der Waals surface area contributed by atoms with E-state index in [1.807, 2.05) is 0 Å². The highest BCUT2D eigenvalue weighted by atomic mass is 19.1. The first-order valence-corrected chi connectivity index (χ1v) is 10.2. The third-order valence-electron chi connectivity index (χ3n) is 6.04. The number of carbonyl (C=O) groups excluding carboxylic acids is 2. The molecule has 0 spiro atoms. The van der Waals surface area contributed by atoms with E-state index in [0.717, 1.165) is 18.3 Å². The van der Waals surface area contributed by atoms with Crippen LogP contribution >= 0.6 is 0 Å². The van der Waals surface area contributed by atoms with Crippen LogP contribution in [0.15, 0.2) is 23.1 Å². The summed E-state index contributed by atoms with van der Waals surface area (Å²) in [6.45, 7) is 2.72. The summed E-state index contributed by atoms with van der Waals surface area (Å²) < 4.78 is 44.2. The van der Waals surface area contributed by atoms with E-state index in [-0.39, 0.29) is 37.2 Å². The number of benzene rings is 1. The first kappa shape index (κ1) is 21.9. The van der Waals surface area contributed by atoms with Crippen LogP contribution in [-0.2, 0) is 6.54 Å². The van der Waals surface area contributed by atoms with Gasteiger partial charge in [-0.2, -0.15) is 0 Å². The largest absolute Gasteiger partial charge is 0.503 e. The topological polar surface area (TPSA) is 91.6 Å². The third kappa shape index (κ3) is 3.74. The lowest BCUT2D eigenvalue weighted by atomic mass is 9.96. The van der Waals surface area contributed by atoms with Crippen molar-refractivity contribution in [1.29, 1.82) is 0 Å². The highest BCUT2D eigenvalue weighted by Crippen LogP contribution is 2.37. The Morgan fingerprint density at radius 2 is 1.94 bits per heavy atom. The second-order valence-corrected chi connectivity index (χ2v) is 8.64. The van der Waals surface area contributed by atoms with Gasteiger partial charge in [-0.1, -0.05) is 0 Å². The molecule has 3 heterocycles. The van der Waals surface area contributed by atoms with E-state index < -0.39 is 58.4 Å². The molecule has 2 atom stereocenters. The van der Waals surface area contributed by atoms with E-state index in [1.165, 1.54) is 23.3 Å². The Morgan fingerprint density at radius 1 is 1.28 bits per heavy atom. The maximum absolute atomic E-state index is 14.8. The first-order chi connectivity index (χ1) is 15.0. The molecular formula is C22H22F3N3O4. The van der Waals surface area contributed by atoms with Gasteiger partial charge in [0.15, 0.2) is 11.4 Å². The van der Waals surface area contributed by atoms with Crippen LogP contribution < -0.4 is 10.7 Å². The number of aryl methyl sites for hydroxylation is 1. The summed E-state index contributed by atoms with van der Waals surface area (Å²) in [7, 11) is 0. The van der Waals surface area contributed by atoms with Crippen molar-refractivity contribution >= 4 is 11.8 Å². The van der Waals surface area contributed by atoms with Gasteiger partial charge in [-0.3, -0.25) is 14.4 Å². The van der Waals surface area contributed by atoms with Gasteiger partial charge in [-0.05, 0) is 38.0 Å². The second-order valence-electron chi connectivity index (χ2n) is 8.64. The predicted octanol–water partition coefficient (Wildman–Crippen LogP) is 2.59. The highest BCUT2D eigenvalue weighted by Gasteiger charge is 2.42. The molecule has 2 bridgehead atoms. The van der Waals surface area contributed by atoms with Crippen LogP contribution in [0.5, 0.6) is 5.75 Å². The maximum Gasteiger partial charge on any atom is 0.274 e. The van der Waals surface area contributed by atoms with Crippen molar-refractivity contribution in [2.24, 2.45) is 0 Å². The SMILES string of the molecule is Cc1cc(F)c(CNC(=O)c2cn3c(c(O)c2=O)C(=O)N2CC[C@](C)(F)C[C@H]3C2)c(F)c1. The van der Waals surface area contributed by atoms with E-state index in [9.17, 15) is 32.7 Å². The molecule has 2 N–H and O–H groups in total. The van der Waals surface area contributed by atoms with Crippen molar-refractivity contribution < 1.29 is 27.9 Å². The number of aromatic hydroxyl groups is 1. The van der Waals surface area contributed by atoms with Crippen LogP contribution in [0, 0.1) is 18.6 Å². The molecule has 2 aliphatic heterocycles. The predicted molar refractivity (Wildman–Crippen MR) is 108 cm³/mol. The number of carbonyl (C=O) groups is 2. The zero-order valence-corrected chi connectivity index (χ0v) is 17.5. The number of nitrogens with zero attached hydrogens (tertiary/aromatic N) is 2. The van der Waals surface area contributed by atoms with Crippen molar-refractivity contribution in [2.45, 2.75) is 44.9 Å². The molecule has 2 aliphatic rings. The molecule has 1 aromatic heterocycles. The van der Waals surface area contributed by atoms with Crippen LogP contribution in [0.2, 0.25) is 0 Å². The molecule has 4 rings (SSSR count). The minimum atomic E-state index is -1.58. The molecule has 1 saturated heterocycles. The monoisotopic (exact) mass is 449 g/mol. The molecule has 2 amide bonds. The summed E-state index contributed by atoms with van der Waals surface area (Å²) in [6.07, 6.45) is 1.23. The number of pyridine rings is 1. The number of hydrogen-bond donors (Lipinski definition) is 2. The van der Waals surface area contributed by atoms with Crippen molar-refractivity contribution in [3.63, 3.8) is 0 Å². The van der Waals surface area contributed by atoms with E-state index in [1.54, 1.807) is 0 Å². The molecule has 0 aliphatic carbocycles. The van der Waals surface area contributed by atoms with Gasteiger partial charge in [0.25, 0.3) is 11.8 Å². The Labute approximate surface area is 181 Å². The maximum atomic E-state index is 14.8. The van der Waals surface area contributed by atoms with E-state index in [0.29, 0.717) is 5.56 Å². The molecule has 32 heavy (non-hydrogen) atoms. The lowest BCUT2D eigenvalue weighted by molar-refractivity contribution is 0.0677. The van der Waals surface area contributed by atoms with Crippen LogP contribution in [0.1, 0.15) is 57.8 Å². The Hall–Kier alpha value is -3.30. The zero-order chi connectivity index (χ0) is 23.4. The number of alkyl halides is 1. The smallest absolute Gasteiger partial charge is 0.274 e. The van der Waals surface area contributed by atoms with Crippen molar-refractivity contribution in [1.82, 2.24) is 14.8 Å². The van der Waals surface area contributed by atoms with Gasteiger partial charge in [-0.25, -0.2) is 13.2 Å². The summed E-state index contributed by atoms with van der Waals surface area (Å²) in [5, 5.41) is 12.7. The summed E-state index contributed by atoms with van der Waals surface area (Å²) in [6, 6.07) is 1.63. The fourth-order valence-corrected chi connectivity index (χ4v) is 4.34. The second kappa shape index (κ2) is 7.68. The number of rotatable bonds is 3. The molecule has 0 unspecified atom stereocenters. The molecular weight excluding hydrogens is 427 g/mol. The van der Waals surface area contributed by atoms with E-state index >= 15 is 0 Å². The van der Waals surface area contributed by atoms with E-state index in [2.05, 4.69) is 5.32 Å². The fraction of sp³-hybridized carbons (Fsp3) is 0.409.